The number of aromatic nitrogens is 2. The standard InChI is InChI=1S/C14H18N4/c1-18(11-6-7-11)9-8-15-14-10-16-17-13-5-3-2-4-12(13)14/h2-5,10-11H,6-9H2,1H3,(H,15,17). The van der Waals surface area contributed by atoms with Gasteiger partial charge in [0.05, 0.1) is 17.4 Å². The molecule has 18 heavy (non-hydrogen) atoms. The average Bonchev–Trinajstić information content (AvgIpc) is 3.23. The van der Waals surface area contributed by atoms with Gasteiger partial charge in [-0.1, -0.05) is 18.2 Å². The van der Waals surface area contributed by atoms with E-state index >= 15 is 0 Å². The fraction of sp³-hybridized carbons (Fsp3) is 0.429. The molecule has 94 valence electrons. The van der Waals surface area contributed by atoms with E-state index in [0.717, 1.165) is 35.7 Å². The number of benzene rings is 1. The van der Waals surface area contributed by atoms with E-state index in [2.05, 4.69) is 33.5 Å². The number of hydrogen-bond acceptors (Lipinski definition) is 4. The summed E-state index contributed by atoms with van der Waals surface area (Å²) >= 11 is 0. The molecule has 1 heterocycles. The number of fused-ring (bicyclic) bond motifs is 1. The summed E-state index contributed by atoms with van der Waals surface area (Å²) in [6.07, 6.45) is 4.52. The van der Waals surface area contributed by atoms with E-state index in [1.165, 1.54) is 12.8 Å². The molecule has 0 unspecified atom stereocenters. The van der Waals surface area contributed by atoms with E-state index in [-0.39, 0.29) is 0 Å². The predicted molar refractivity (Wildman–Crippen MR) is 73.7 cm³/mol. The second kappa shape index (κ2) is 4.90. The number of nitrogens with zero attached hydrogens (tertiary/aromatic N) is 3. The molecule has 0 bridgehead atoms. The van der Waals surface area contributed by atoms with Gasteiger partial charge in [-0.2, -0.15) is 10.2 Å². The molecule has 1 aromatic heterocycles. The molecule has 1 fully saturated rings. The Kier molecular flexibility index (Phi) is 3.11. The first-order chi connectivity index (χ1) is 8.84. The van der Waals surface area contributed by atoms with Crippen molar-refractivity contribution in [3.63, 3.8) is 0 Å². The first-order valence-corrected chi connectivity index (χ1v) is 6.49. The minimum atomic E-state index is 0.819. The Hall–Kier alpha value is -1.68. The molecule has 1 aliphatic rings. The molecule has 0 saturated heterocycles. The van der Waals surface area contributed by atoms with Gasteiger partial charge in [-0.3, -0.25) is 0 Å². The highest BCUT2D eigenvalue weighted by molar-refractivity contribution is 5.90. The zero-order valence-electron chi connectivity index (χ0n) is 10.6. The maximum atomic E-state index is 4.12. The van der Waals surface area contributed by atoms with Crippen LogP contribution in [0.25, 0.3) is 10.9 Å². The summed E-state index contributed by atoms with van der Waals surface area (Å²) in [5.74, 6) is 0. The van der Waals surface area contributed by atoms with E-state index in [9.17, 15) is 0 Å². The van der Waals surface area contributed by atoms with Crippen molar-refractivity contribution in [3.8, 4) is 0 Å². The van der Waals surface area contributed by atoms with E-state index in [1.807, 2.05) is 18.2 Å². The third kappa shape index (κ3) is 2.43. The van der Waals surface area contributed by atoms with E-state index in [0.29, 0.717) is 0 Å². The second-order valence-corrected chi connectivity index (χ2v) is 4.91. The molecule has 0 spiro atoms. The van der Waals surface area contributed by atoms with Gasteiger partial charge in [0, 0.05) is 24.5 Å². The van der Waals surface area contributed by atoms with Gasteiger partial charge in [0.2, 0.25) is 0 Å². The Labute approximate surface area is 107 Å². The van der Waals surface area contributed by atoms with Crippen molar-refractivity contribution in [1.29, 1.82) is 0 Å². The fourth-order valence-corrected chi connectivity index (χ4v) is 2.21. The zero-order chi connectivity index (χ0) is 12.4. The molecule has 4 heteroatoms. The summed E-state index contributed by atoms with van der Waals surface area (Å²) in [5.41, 5.74) is 2.02. The number of rotatable bonds is 5. The quantitative estimate of drug-likeness (QED) is 0.872. The smallest absolute Gasteiger partial charge is 0.0950 e. The SMILES string of the molecule is CN(CCNc1cnnc2ccccc12)C1CC1. The van der Waals surface area contributed by atoms with Gasteiger partial charge < -0.3 is 10.2 Å². The first kappa shape index (κ1) is 11.4. The van der Waals surface area contributed by atoms with Crippen LogP contribution in [0.3, 0.4) is 0 Å². The Morgan fingerprint density at radius 1 is 1.33 bits per heavy atom. The molecule has 0 radical (unpaired) electrons. The molecule has 1 N–H and O–H groups in total. The van der Waals surface area contributed by atoms with E-state index in [4.69, 9.17) is 0 Å². The molecule has 2 aromatic rings. The maximum Gasteiger partial charge on any atom is 0.0950 e. The summed E-state index contributed by atoms with van der Waals surface area (Å²) < 4.78 is 0. The third-order valence-corrected chi connectivity index (χ3v) is 3.50. The lowest BCUT2D eigenvalue weighted by Gasteiger charge is -2.16. The van der Waals surface area contributed by atoms with E-state index in [1.54, 1.807) is 6.20 Å². The Morgan fingerprint density at radius 3 is 3.00 bits per heavy atom. The van der Waals surface area contributed by atoms with Crippen LogP contribution in [0.4, 0.5) is 5.69 Å². The molecule has 1 saturated carbocycles. The van der Waals surface area contributed by atoms with Crippen molar-refractivity contribution in [2.75, 3.05) is 25.5 Å². The minimum absolute atomic E-state index is 0.819. The van der Waals surface area contributed by atoms with Gasteiger partial charge in [-0.05, 0) is 26.0 Å². The summed E-state index contributed by atoms with van der Waals surface area (Å²) in [7, 11) is 2.20. The molecule has 4 nitrogen and oxygen atoms in total. The van der Waals surface area contributed by atoms with Crippen molar-refractivity contribution in [2.45, 2.75) is 18.9 Å². The van der Waals surface area contributed by atoms with Crippen molar-refractivity contribution in [2.24, 2.45) is 0 Å². The van der Waals surface area contributed by atoms with Crippen LogP contribution in [0, 0.1) is 0 Å². The normalized spacial score (nSPS) is 15.2. The van der Waals surface area contributed by atoms with Crippen LogP contribution in [-0.4, -0.2) is 41.3 Å². The number of hydrogen-bond donors (Lipinski definition) is 1. The zero-order valence-corrected chi connectivity index (χ0v) is 10.6. The molecule has 0 aliphatic heterocycles. The van der Waals surface area contributed by atoms with Gasteiger partial charge in [0.15, 0.2) is 0 Å². The van der Waals surface area contributed by atoms with Gasteiger partial charge in [0.25, 0.3) is 0 Å². The van der Waals surface area contributed by atoms with Crippen LogP contribution in [0.15, 0.2) is 30.5 Å². The lowest BCUT2D eigenvalue weighted by molar-refractivity contribution is 0.337. The maximum absolute atomic E-state index is 4.12. The van der Waals surface area contributed by atoms with Crippen LogP contribution in [0.2, 0.25) is 0 Å². The van der Waals surface area contributed by atoms with Gasteiger partial charge in [0.1, 0.15) is 0 Å². The number of likely N-dealkylation sites (N-methyl/N-ethyl adjacent to an activating group) is 1. The van der Waals surface area contributed by atoms with Crippen LogP contribution < -0.4 is 5.32 Å². The Morgan fingerprint density at radius 2 is 2.17 bits per heavy atom. The predicted octanol–water partition coefficient (Wildman–Crippen LogP) is 2.14. The monoisotopic (exact) mass is 242 g/mol. The topological polar surface area (TPSA) is 41.0 Å². The Balaban J connectivity index is 1.66. The van der Waals surface area contributed by atoms with Gasteiger partial charge >= 0.3 is 0 Å². The van der Waals surface area contributed by atoms with Gasteiger partial charge in [-0.25, -0.2) is 0 Å². The van der Waals surface area contributed by atoms with Crippen molar-refractivity contribution >= 4 is 16.6 Å². The molecule has 3 rings (SSSR count). The van der Waals surface area contributed by atoms with Crippen LogP contribution in [0.5, 0.6) is 0 Å². The molecule has 0 amide bonds. The van der Waals surface area contributed by atoms with Crippen molar-refractivity contribution in [3.05, 3.63) is 30.5 Å². The number of nitrogens with one attached hydrogen (secondary N) is 1. The molecule has 1 aliphatic carbocycles. The first-order valence-electron chi connectivity index (χ1n) is 6.49. The lowest BCUT2D eigenvalue weighted by Crippen LogP contribution is -2.27. The summed E-state index contributed by atoms with van der Waals surface area (Å²) in [6.45, 7) is 2.02. The average molecular weight is 242 g/mol. The minimum Gasteiger partial charge on any atom is -0.382 e. The third-order valence-electron chi connectivity index (χ3n) is 3.50. The largest absolute Gasteiger partial charge is 0.382 e. The van der Waals surface area contributed by atoms with E-state index < -0.39 is 0 Å². The highest BCUT2D eigenvalue weighted by atomic mass is 15.2. The molecular weight excluding hydrogens is 224 g/mol. The highest BCUT2D eigenvalue weighted by Gasteiger charge is 2.25. The summed E-state index contributed by atoms with van der Waals surface area (Å²) in [5, 5.41) is 12.8. The fourth-order valence-electron chi connectivity index (χ4n) is 2.21. The highest BCUT2D eigenvalue weighted by Crippen LogP contribution is 2.25. The second-order valence-electron chi connectivity index (χ2n) is 4.91. The van der Waals surface area contributed by atoms with Crippen LogP contribution >= 0.6 is 0 Å². The summed E-state index contributed by atoms with van der Waals surface area (Å²) in [6, 6.07) is 8.91. The lowest BCUT2D eigenvalue weighted by atomic mass is 10.2. The Bertz CT molecular complexity index is 531. The van der Waals surface area contributed by atoms with Crippen LogP contribution in [-0.2, 0) is 0 Å². The summed E-state index contributed by atoms with van der Waals surface area (Å²) in [4.78, 5) is 2.42. The van der Waals surface area contributed by atoms with Crippen LogP contribution in [0.1, 0.15) is 12.8 Å². The van der Waals surface area contributed by atoms with Crippen molar-refractivity contribution in [1.82, 2.24) is 15.1 Å². The molecule has 0 atom stereocenters. The molecular formula is C14H18N4. The van der Waals surface area contributed by atoms with Gasteiger partial charge in [-0.15, -0.1) is 0 Å². The number of anilines is 1. The van der Waals surface area contributed by atoms with Crippen molar-refractivity contribution < 1.29 is 0 Å². The molecule has 1 aromatic carbocycles.